The molecule has 0 amide bonds. The summed E-state index contributed by atoms with van der Waals surface area (Å²) in [6, 6.07) is 0. The van der Waals surface area contributed by atoms with Gasteiger partial charge in [-0.05, 0) is 31.1 Å². The zero-order valence-electron chi connectivity index (χ0n) is 10.3. The zero-order chi connectivity index (χ0) is 12.9. The molecule has 0 spiro atoms. The fourth-order valence-electron chi connectivity index (χ4n) is 2.34. The van der Waals surface area contributed by atoms with Crippen molar-refractivity contribution in [1.82, 2.24) is 9.97 Å². The second-order valence-corrected chi connectivity index (χ2v) is 6.40. The van der Waals surface area contributed by atoms with Crippen molar-refractivity contribution < 1.29 is 4.74 Å². The monoisotopic (exact) mass is 282 g/mol. The summed E-state index contributed by atoms with van der Waals surface area (Å²) in [5.74, 6) is 0. The summed E-state index contributed by atoms with van der Waals surface area (Å²) >= 11 is 6.57. The van der Waals surface area contributed by atoms with Crippen molar-refractivity contribution in [2.45, 2.75) is 38.9 Å². The van der Waals surface area contributed by atoms with Crippen molar-refractivity contribution in [3.8, 4) is 0 Å². The molecular weight excluding hydrogens is 268 g/mol. The van der Waals surface area contributed by atoms with Gasteiger partial charge < -0.3 is 9.72 Å². The Hall–Kier alpha value is -0.980. The molecule has 0 unspecified atom stereocenters. The summed E-state index contributed by atoms with van der Waals surface area (Å²) in [6.45, 7) is 4.79. The van der Waals surface area contributed by atoms with Crippen molar-refractivity contribution in [3.05, 3.63) is 25.6 Å². The zero-order valence-corrected chi connectivity index (χ0v) is 11.9. The first kappa shape index (κ1) is 12.1. The van der Waals surface area contributed by atoms with Crippen LogP contribution >= 0.6 is 23.6 Å². The number of thiophene rings is 1. The van der Waals surface area contributed by atoms with Gasteiger partial charge in [-0.2, -0.15) is 0 Å². The molecule has 2 aromatic heterocycles. The fraction of sp³-hybridized carbons (Fsp3) is 0.500. The van der Waals surface area contributed by atoms with E-state index in [-0.39, 0.29) is 11.2 Å². The minimum Gasteiger partial charge on any atom is -0.369 e. The van der Waals surface area contributed by atoms with Crippen molar-refractivity contribution in [2.24, 2.45) is 0 Å². The highest BCUT2D eigenvalue weighted by Gasteiger charge is 2.32. The predicted molar refractivity (Wildman–Crippen MR) is 74.8 cm³/mol. The minimum absolute atomic E-state index is 0.0911. The van der Waals surface area contributed by atoms with Gasteiger partial charge in [-0.3, -0.25) is 9.78 Å². The SMILES string of the molecule is CC[C@]1(C)Cc2c(sc3[nH]c(=S)[nH]c(=O)c23)CO1. The number of aromatic nitrogens is 2. The van der Waals surface area contributed by atoms with Gasteiger partial charge in [0.2, 0.25) is 0 Å². The van der Waals surface area contributed by atoms with Crippen LogP contribution in [0.4, 0.5) is 0 Å². The number of hydrogen-bond donors (Lipinski definition) is 2. The lowest BCUT2D eigenvalue weighted by molar-refractivity contribution is -0.0543. The number of nitrogens with one attached hydrogen (secondary N) is 2. The number of fused-ring (bicyclic) bond motifs is 3. The van der Waals surface area contributed by atoms with Crippen LogP contribution in [-0.4, -0.2) is 15.6 Å². The van der Waals surface area contributed by atoms with Gasteiger partial charge in [0.25, 0.3) is 5.56 Å². The molecule has 18 heavy (non-hydrogen) atoms. The second kappa shape index (κ2) is 4.01. The highest BCUT2D eigenvalue weighted by molar-refractivity contribution is 7.71. The molecule has 3 heterocycles. The summed E-state index contributed by atoms with van der Waals surface area (Å²) in [7, 11) is 0. The molecule has 0 bridgehead atoms. The van der Waals surface area contributed by atoms with E-state index in [1.54, 1.807) is 11.3 Å². The number of ether oxygens (including phenoxy) is 1. The molecule has 2 N–H and O–H groups in total. The Balaban J connectivity index is 2.28. The maximum absolute atomic E-state index is 12.1. The molecular formula is C12H14N2O2S2. The van der Waals surface area contributed by atoms with Crippen molar-refractivity contribution in [3.63, 3.8) is 0 Å². The summed E-state index contributed by atoms with van der Waals surface area (Å²) < 4.78 is 6.28. The molecule has 0 fully saturated rings. The lowest BCUT2D eigenvalue weighted by Gasteiger charge is -2.32. The van der Waals surface area contributed by atoms with Crippen LogP contribution in [0.3, 0.4) is 0 Å². The standard InChI is InChI=1S/C12H14N2O2S2/c1-3-12(2)4-6-7(5-16-12)18-10-8(6)9(15)13-11(17)14-10/h3-5H2,1-2H3,(H2,13,14,15,17)/t12-/m1/s1. The van der Waals surface area contributed by atoms with Gasteiger partial charge in [0, 0.05) is 11.3 Å². The molecule has 0 aromatic carbocycles. The Bertz CT molecular complexity index is 728. The lowest BCUT2D eigenvalue weighted by Crippen LogP contribution is -2.34. The van der Waals surface area contributed by atoms with Crippen LogP contribution < -0.4 is 5.56 Å². The van der Waals surface area contributed by atoms with Crippen molar-refractivity contribution in [1.29, 1.82) is 0 Å². The molecule has 1 aliphatic heterocycles. The highest BCUT2D eigenvalue weighted by Crippen LogP contribution is 2.37. The molecule has 1 atom stereocenters. The summed E-state index contributed by atoms with van der Waals surface area (Å²) in [6.07, 6.45) is 1.72. The largest absolute Gasteiger partial charge is 0.369 e. The van der Waals surface area contributed by atoms with Gasteiger partial charge >= 0.3 is 0 Å². The number of aromatic amines is 2. The topological polar surface area (TPSA) is 57.9 Å². The Morgan fingerprint density at radius 2 is 2.28 bits per heavy atom. The third kappa shape index (κ3) is 1.75. The smallest absolute Gasteiger partial charge is 0.260 e. The second-order valence-electron chi connectivity index (χ2n) is 4.89. The van der Waals surface area contributed by atoms with E-state index >= 15 is 0 Å². The molecule has 4 nitrogen and oxygen atoms in total. The van der Waals surface area contributed by atoms with Gasteiger partial charge in [0.15, 0.2) is 4.77 Å². The van der Waals surface area contributed by atoms with Crippen molar-refractivity contribution in [2.75, 3.05) is 0 Å². The maximum Gasteiger partial charge on any atom is 0.260 e. The Labute approximate surface area is 113 Å². The molecule has 0 radical (unpaired) electrons. The molecule has 2 aromatic rings. The molecule has 0 saturated heterocycles. The van der Waals surface area contributed by atoms with E-state index in [2.05, 4.69) is 23.8 Å². The molecule has 0 saturated carbocycles. The molecule has 96 valence electrons. The van der Waals surface area contributed by atoms with Crippen LogP contribution in [0.25, 0.3) is 10.2 Å². The average molecular weight is 282 g/mol. The van der Waals surface area contributed by atoms with Gasteiger partial charge in [0.1, 0.15) is 4.83 Å². The summed E-state index contributed by atoms with van der Waals surface area (Å²) in [4.78, 5) is 19.8. The van der Waals surface area contributed by atoms with Gasteiger partial charge in [-0.15, -0.1) is 11.3 Å². The van der Waals surface area contributed by atoms with Gasteiger partial charge in [0.05, 0.1) is 17.6 Å². The van der Waals surface area contributed by atoms with Crippen molar-refractivity contribution >= 4 is 33.8 Å². The minimum atomic E-state index is -0.167. The Morgan fingerprint density at radius 1 is 1.50 bits per heavy atom. The lowest BCUT2D eigenvalue weighted by atomic mass is 9.90. The third-order valence-electron chi connectivity index (χ3n) is 3.62. The van der Waals surface area contributed by atoms with Crippen LogP contribution in [-0.2, 0) is 17.8 Å². The average Bonchev–Trinajstić information content (AvgIpc) is 2.66. The Morgan fingerprint density at radius 3 is 3.00 bits per heavy atom. The van der Waals surface area contributed by atoms with E-state index in [1.807, 2.05) is 0 Å². The summed E-state index contributed by atoms with van der Waals surface area (Å²) in [5, 5.41) is 0.756. The van der Waals surface area contributed by atoms with Gasteiger partial charge in [-0.1, -0.05) is 6.92 Å². The molecule has 6 heteroatoms. The van der Waals surface area contributed by atoms with E-state index < -0.39 is 0 Å². The van der Waals surface area contributed by atoms with E-state index in [4.69, 9.17) is 17.0 Å². The van der Waals surface area contributed by atoms with Crippen LogP contribution in [0.1, 0.15) is 30.7 Å². The molecule has 1 aliphatic rings. The fourth-order valence-corrected chi connectivity index (χ4v) is 3.73. The normalized spacial score (nSPS) is 23.2. The first-order valence-corrected chi connectivity index (χ1v) is 7.16. The van der Waals surface area contributed by atoms with E-state index in [0.717, 1.165) is 33.5 Å². The first-order valence-electron chi connectivity index (χ1n) is 5.93. The third-order valence-corrected chi connectivity index (χ3v) is 4.95. The molecule has 0 aliphatic carbocycles. The molecule has 3 rings (SSSR count). The number of hydrogen-bond acceptors (Lipinski definition) is 4. The number of H-pyrrole nitrogens is 2. The van der Waals surface area contributed by atoms with Crippen LogP contribution in [0.15, 0.2) is 4.79 Å². The first-order chi connectivity index (χ1) is 8.52. The number of rotatable bonds is 1. The highest BCUT2D eigenvalue weighted by atomic mass is 32.1. The Kier molecular flexibility index (Phi) is 2.69. The maximum atomic E-state index is 12.1. The van der Waals surface area contributed by atoms with E-state index in [1.165, 1.54) is 0 Å². The van der Waals surface area contributed by atoms with E-state index in [0.29, 0.717) is 11.4 Å². The predicted octanol–water partition coefficient (Wildman–Crippen LogP) is 2.89. The van der Waals surface area contributed by atoms with Crippen LogP contribution in [0, 0.1) is 4.77 Å². The van der Waals surface area contributed by atoms with Crippen LogP contribution in [0.2, 0.25) is 0 Å². The van der Waals surface area contributed by atoms with Crippen LogP contribution in [0.5, 0.6) is 0 Å². The van der Waals surface area contributed by atoms with Gasteiger partial charge in [-0.25, -0.2) is 0 Å². The van der Waals surface area contributed by atoms with E-state index in [9.17, 15) is 4.79 Å². The quantitative estimate of drug-likeness (QED) is 0.791. The summed E-state index contributed by atoms with van der Waals surface area (Å²) in [5.41, 5.74) is 0.866.